The maximum absolute atomic E-state index is 13.7. The van der Waals surface area contributed by atoms with Crippen molar-refractivity contribution in [3.8, 4) is 5.75 Å². The standard InChI is InChI=1S/C26H32N4O6/c1-36-22-7-3-6-18-17(22)11-20(28-18)26(35)30-12-15-4-2-5-16(15)23(30)25(34)29-19(21(32)13-31)10-14-8-9-27-24(14)33/h3,6-7,11,14-16,19,23,28,31H,2,4-5,8-10,12-13H2,1H3,(H,27,33)(H,29,34)/t14-,15?,16?,19-,23?/m0/s1. The first-order chi connectivity index (χ1) is 17.4. The molecule has 3 fully saturated rings. The van der Waals surface area contributed by atoms with E-state index >= 15 is 0 Å². The molecule has 1 saturated carbocycles. The Morgan fingerprint density at radius 3 is 2.81 bits per heavy atom. The van der Waals surface area contributed by atoms with E-state index in [-0.39, 0.29) is 30.1 Å². The second-order valence-corrected chi connectivity index (χ2v) is 10.1. The third-order valence-electron chi connectivity index (χ3n) is 8.04. The van der Waals surface area contributed by atoms with Crippen LogP contribution in [0, 0.1) is 17.8 Å². The zero-order chi connectivity index (χ0) is 25.4. The normalized spacial score (nSPS) is 26.1. The van der Waals surface area contributed by atoms with Gasteiger partial charge in [0.2, 0.25) is 11.8 Å². The number of methoxy groups -OCH3 is 1. The van der Waals surface area contributed by atoms with Crippen LogP contribution >= 0.6 is 0 Å². The molecule has 0 spiro atoms. The molecule has 1 aromatic heterocycles. The molecular weight excluding hydrogens is 464 g/mol. The molecule has 0 bridgehead atoms. The maximum atomic E-state index is 13.7. The number of rotatable bonds is 8. The van der Waals surface area contributed by atoms with Crippen LogP contribution in [0.4, 0.5) is 0 Å². The van der Waals surface area contributed by atoms with Crippen LogP contribution in [-0.4, -0.2) is 77.4 Å². The number of carbonyl (C=O) groups excluding carboxylic acids is 4. The van der Waals surface area contributed by atoms with Gasteiger partial charge in [0, 0.05) is 29.9 Å². The fourth-order valence-corrected chi connectivity index (χ4v) is 6.22. The Morgan fingerprint density at radius 2 is 2.08 bits per heavy atom. The molecule has 1 aliphatic carbocycles. The Bertz CT molecular complexity index is 1190. The van der Waals surface area contributed by atoms with Crippen molar-refractivity contribution in [1.29, 1.82) is 0 Å². The quantitative estimate of drug-likeness (QED) is 0.430. The molecule has 2 aliphatic heterocycles. The summed E-state index contributed by atoms with van der Waals surface area (Å²) in [6.07, 6.45) is 3.47. The first kappa shape index (κ1) is 24.3. The third-order valence-corrected chi connectivity index (χ3v) is 8.04. The van der Waals surface area contributed by atoms with Crippen molar-refractivity contribution < 1.29 is 29.0 Å². The fourth-order valence-electron chi connectivity index (χ4n) is 6.22. The van der Waals surface area contributed by atoms with Crippen LogP contribution in [0.5, 0.6) is 5.75 Å². The van der Waals surface area contributed by atoms with Crippen molar-refractivity contribution in [1.82, 2.24) is 20.5 Å². The number of ether oxygens (including phenoxy) is 1. The monoisotopic (exact) mass is 496 g/mol. The minimum absolute atomic E-state index is 0.00696. The molecular formula is C26H32N4O6. The van der Waals surface area contributed by atoms with Gasteiger partial charge in [-0.05, 0) is 55.7 Å². The van der Waals surface area contributed by atoms with Crippen LogP contribution in [0.3, 0.4) is 0 Å². The Kier molecular flexibility index (Phi) is 6.70. The average Bonchev–Trinajstić information content (AvgIpc) is 3.66. The molecule has 10 nitrogen and oxygen atoms in total. The highest BCUT2D eigenvalue weighted by molar-refractivity contribution is 6.02. The number of aromatic amines is 1. The van der Waals surface area contributed by atoms with E-state index in [1.807, 2.05) is 18.2 Å². The Morgan fingerprint density at radius 1 is 1.25 bits per heavy atom. The maximum Gasteiger partial charge on any atom is 0.271 e. The molecule has 3 aliphatic rings. The summed E-state index contributed by atoms with van der Waals surface area (Å²) in [6.45, 7) is 0.273. The highest BCUT2D eigenvalue weighted by Crippen LogP contribution is 2.43. The van der Waals surface area contributed by atoms with Crippen molar-refractivity contribution in [3.63, 3.8) is 0 Å². The molecule has 10 heteroatoms. The van der Waals surface area contributed by atoms with E-state index in [9.17, 15) is 24.3 Å². The van der Waals surface area contributed by atoms with E-state index in [2.05, 4.69) is 15.6 Å². The number of likely N-dealkylation sites (tertiary alicyclic amines) is 1. The number of hydrogen-bond acceptors (Lipinski definition) is 6. The summed E-state index contributed by atoms with van der Waals surface area (Å²) in [5, 5.41) is 15.8. The number of benzene rings is 1. The van der Waals surface area contributed by atoms with Gasteiger partial charge in [0.25, 0.3) is 5.91 Å². The lowest BCUT2D eigenvalue weighted by Crippen LogP contribution is -2.53. The van der Waals surface area contributed by atoms with Gasteiger partial charge in [-0.3, -0.25) is 19.2 Å². The predicted molar refractivity (Wildman–Crippen MR) is 130 cm³/mol. The number of amides is 3. The van der Waals surface area contributed by atoms with E-state index in [0.717, 1.165) is 30.2 Å². The van der Waals surface area contributed by atoms with E-state index in [4.69, 9.17) is 4.74 Å². The summed E-state index contributed by atoms with van der Waals surface area (Å²) >= 11 is 0. The molecule has 4 N–H and O–H groups in total. The van der Waals surface area contributed by atoms with Crippen molar-refractivity contribution in [2.24, 2.45) is 17.8 Å². The van der Waals surface area contributed by atoms with Crippen molar-refractivity contribution in [2.75, 3.05) is 26.8 Å². The van der Waals surface area contributed by atoms with E-state index in [0.29, 0.717) is 31.0 Å². The molecule has 3 heterocycles. The number of fused-ring (bicyclic) bond motifs is 2. The molecule has 3 amide bonds. The molecule has 2 aromatic rings. The summed E-state index contributed by atoms with van der Waals surface area (Å²) in [4.78, 5) is 56.6. The van der Waals surface area contributed by atoms with Gasteiger partial charge in [0.1, 0.15) is 24.1 Å². The molecule has 5 atom stereocenters. The van der Waals surface area contributed by atoms with Crippen LogP contribution in [-0.2, 0) is 14.4 Å². The number of Topliss-reactive ketones (excluding diaryl/α,β-unsaturated/α-hetero) is 1. The van der Waals surface area contributed by atoms with Gasteiger partial charge in [0.05, 0.1) is 13.2 Å². The summed E-state index contributed by atoms with van der Waals surface area (Å²) in [5.41, 5.74) is 1.14. The zero-order valence-corrected chi connectivity index (χ0v) is 20.3. The number of nitrogens with zero attached hydrogens (tertiary/aromatic N) is 1. The Labute approximate surface area is 208 Å². The number of aromatic nitrogens is 1. The lowest BCUT2D eigenvalue weighted by atomic mass is 9.92. The summed E-state index contributed by atoms with van der Waals surface area (Å²) in [6, 6.07) is 5.57. The largest absolute Gasteiger partial charge is 0.496 e. The third kappa shape index (κ3) is 4.34. The lowest BCUT2D eigenvalue weighted by molar-refractivity contribution is -0.133. The molecule has 3 unspecified atom stereocenters. The van der Waals surface area contributed by atoms with E-state index in [1.54, 1.807) is 18.1 Å². The van der Waals surface area contributed by atoms with Gasteiger partial charge in [-0.25, -0.2) is 0 Å². The second-order valence-electron chi connectivity index (χ2n) is 10.1. The number of H-pyrrole nitrogens is 1. The van der Waals surface area contributed by atoms with Crippen molar-refractivity contribution in [2.45, 2.75) is 44.2 Å². The lowest BCUT2D eigenvalue weighted by Gasteiger charge is -2.29. The van der Waals surface area contributed by atoms with Gasteiger partial charge >= 0.3 is 0 Å². The number of ketones is 1. The smallest absolute Gasteiger partial charge is 0.271 e. The van der Waals surface area contributed by atoms with Crippen LogP contribution < -0.4 is 15.4 Å². The highest BCUT2D eigenvalue weighted by Gasteiger charge is 2.50. The molecule has 2 saturated heterocycles. The molecule has 36 heavy (non-hydrogen) atoms. The molecule has 5 rings (SSSR count). The molecule has 1 aromatic carbocycles. The first-order valence-electron chi connectivity index (χ1n) is 12.6. The van der Waals surface area contributed by atoms with E-state index < -0.39 is 36.3 Å². The van der Waals surface area contributed by atoms with Crippen molar-refractivity contribution >= 4 is 34.4 Å². The number of aliphatic hydroxyl groups is 1. The van der Waals surface area contributed by atoms with Gasteiger partial charge in [0.15, 0.2) is 5.78 Å². The van der Waals surface area contributed by atoms with Gasteiger partial charge in [-0.2, -0.15) is 0 Å². The van der Waals surface area contributed by atoms with Crippen LogP contribution in [0.25, 0.3) is 10.9 Å². The SMILES string of the molecule is COc1cccc2[nH]c(C(=O)N3CC4CCCC4C3C(=O)N[C@@H](C[C@@H]3CCNC3=O)C(=O)CO)cc12. The topological polar surface area (TPSA) is 141 Å². The van der Waals surface area contributed by atoms with Gasteiger partial charge in [-0.15, -0.1) is 0 Å². The van der Waals surface area contributed by atoms with Gasteiger partial charge < -0.3 is 30.4 Å². The summed E-state index contributed by atoms with van der Waals surface area (Å²) in [7, 11) is 1.57. The minimum Gasteiger partial charge on any atom is -0.496 e. The number of hydrogen-bond donors (Lipinski definition) is 4. The fraction of sp³-hybridized carbons (Fsp3) is 0.538. The highest BCUT2D eigenvalue weighted by atomic mass is 16.5. The number of carbonyl (C=O) groups is 4. The number of nitrogens with one attached hydrogen (secondary N) is 3. The average molecular weight is 497 g/mol. The predicted octanol–water partition coefficient (Wildman–Crippen LogP) is 0.990. The minimum atomic E-state index is -0.980. The number of aliphatic hydroxyl groups excluding tert-OH is 1. The molecule has 0 radical (unpaired) electrons. The Balaban J connectivity index is 1.39. The van der Waals surface area contributed by atoms with E-state index in [1.165, 1.54) is 0 Å². The van der Waals surface area contributed by atoms with Crippen LogP contribution in [0.1, 0.15) is 42.6 Å². The first-order valence-corrected chi connectivity index (χ1v) is 12.6. The Hall–Kier alpha value is -3.40. The van der Waals surface area contributed by atoms with Crippen LogP contribution in [0.2, 0.25) is 0 Å². The zero-order valence-electron chi connectivity index (χ0n) is 20.3. The summed E-state index contributed by atoms with van der Waals surface area (Å²) in [5.74, 6) is -0.889. The van der Waals surface area contributed by atoms with Crippen molar-refractivity contribution in [3.05, 3.63) is 30.0 Å². The van der Waals surface area contributed by atoms with Crippen LogP contribution in [0.15, 0.2) is 24.3 Å². The molecule has 192 valence electrons. The second kappa shape index (κ2) is 9.93. The summed E-state index contributed by atoms with van der Waals surface area (Å²) < 4.78 is 5.42. The van der Waals surface area contributed by atoms with Gasteiger partial charge in [-0.1, -0.05) is 12.5 Å².